The van der Waals surface area contributed by atoms with Crippen molar-refractivity contribution in [1.82, 2.24) is 10.6 Å². The van der Waals surface area contributed by atoms with Crippen LogP contribution in [0.15, 0.2) is 24.3 Å². The van der Waals surface area contributed by atoms with Gasteiger partial charge in [0.25, 0.3) is 0 Å². The fourth-order valence-electron chi connectivity index (χ4n) is 2.62. The lowest BCUT2D eigenvalue weighted by atomic mass is 9.74. The maximum Gasteiger partial charge on any atom is 0.233 e. The van der Waals surface area contributed by atoms with Gasteiger partial charge in [0.15, 0.2) is 0 Å². The molecule has 1 saturated heterocycles. The molecule has 0 spiro atoms. The first-order valence-corrected chi connectivity index (χ1v) is 7.29. The summed E-state index contributed by atoms with van der Waals surface area (Å²) < 4.78 is 5.47. The number of ether oxygens (including phenoxy) is 1. The highest BCUT2D eigenvalue weighted by Crippen LogP contribution is 2.34. The van der Waals surface area contributed by atoms with Gasteiger partial charge in [0, 0.05) is 30.2 Å². The highest BCUT2D eigenvalue weighted by molar-refractivity contribution is 6.30. The Hall–Kier alpha value is -1.10. The number of nitrogens with one attached hydrogen (secondary N) is 2. The van der Waals surface area contributed by atoms with Gasteiger partial charge in [0.2, 0.25) is 5.91 Å². The Kier molecular flexibility index (Phi) is 5.40. The molecule has 0 aliphatic carbocycles. The van der Waals surface area contributed by atoms with Gasteiger partial charge in [-0.15, -0.1) is 0 Å². The summed E-state index contributed by atoms with van der Waals surface area (Å²) in [5.41, 5.74) is 1.17. The van der Waals surface area contributed by atoms with Crippen molar-refractivity contribution in [2.24, 2.45) is 0 Å². The SMILES string of the molecule is CNCC(=O)NCC1(c2ccc(Cl)cc2)CCOCC1. The van der Waals surface area contributed by atoms with E-state index in [2.05, 4.69) is 22.8 Å². The highest BCUT2D eigenvalue weighted by Gasteiger charge is 2.34. The van der Waals surface area contributed by atoms with Gasteiger partial charge in [0.05, 0.1) is 6.54 Å². The molecule has 20 heavy (non-hydrogen) atoms. The molecule has 1 aliphatic rings. The molecule has 4 nitrogen and oxygen atoms in total. The molecule has 1 aromatic rings. The molecule has 1 amide bonds. The second kappa shape index (κ2) is 7.07. The lowest BCUT2D eigenvalue weighted by molar-refractivity contribution is -0.120. The van der Waals surface area contributed by atoms with E-state index in [1.54, 1.807) is 7.05 Å². The number of carbonyl (C=O) groups excluding carboxylic acids is 1. The number of rotatable bonds is 5. The molecular formula is C15H21ClN2O2. The van der Waals surface area contributed by atoms with Crippen molar-refractivity contribution in [3.8, 4) is 0 Å². The normalized spacial score (nSPS) is 17.7. The minimum atomic E-state index is -0.0494. The summed E-state index contributed by atoms with van der Waals surface area (Å²) in [5, 5.41) is 6.61. The lowest BCUT2D eigenvalue weighted by Crippen LogP contribution is -2.46. The molecule has 2 rings (SSSR count). The van der Waals surface area contributed by atoms with E-state index < -0.39 is 0 Å². The van der Waals surface area contributed by atoms with Crippen LogP contribution in [0.25, 0.3) is 0 Å². The van der Waals surface area contributed by atoms with Crippen LogP contribution in [0.4, 0.5) is 0 Å². The Morgan fingerprint density at radius 3 is 2.55 bits per heavy atom. The van der Waals surface area contributed by atoms with Gasteiger partial charge >= 0.3 is 0 Å². The van der Waals surface area contributed by atoms with Crippen LogP contribution in [0.5, 0.6) is 0 Å². The van der Waals surface area contributed by atoms with Gasteiger partial charge in [-0.3, -0.25) is 4.79 Å². The van der Waals surface area contributed by atoms with Crippen molar-refractivity contribution in [3.63, 3.8) is 0 Å². The zero-order valence-corrected chi connectivity index (χ0v) is 12.5. The monoisotopic (exact) mass is 296 g/mol. The van der Waals surface area contributed by atoms with Crippen molar-refractivity contribution < 1.29 is 9.53 Å². The zero-order chi connectivity index (χ0) is 14.4. The summed E-state index contributed by atoms with van der Waals surface area (Å²) >= 11 is 5.96. The average Bonchev–Trinajstić information content (AvgIpc) is 2.47. The molecule has 1 fully saturated rings. The molecule has 0 atom stereocenters. The van der Waals surface area contributed by atoms with Gasteiger partial charge in [-0.05, 0) is 37.6 Å². The number of hydrogen-bond acceptors (Lipinski definition) is 3. The summed E-state index contributed by atoms with van der Waals surface area (Å²) in [5.74, 6) is 0.0207. The first-order chi connectivity index (χ1) is 9.66. The third kappa shape index (κ3) is 3.72. The number of carbonyl (C=O) groups is 1. The molecule has 0 aromatic heterocycles. The lowest BCUT2D eigenvalue weighted by Gasteiger charge is -2.38. The molecule has 1 aliphatic heterocycles. The van der Waals surface area contributed by atoms with Crippen LogP contribution >= 0.6 is 11.6 Å². The minimum absolute atomic E-state index is 0.0207. The molecule has 0 saturated carbocycles. The Morgan fingerprint density at radius 1 is 1.30 bits per heavy atom. The number of likely N-dealkylation sites (N-methyl/N-ethyl adjacent to an activating group) is 1. The van der Waals surface area contributed by atoms with Gasteiger partial charge in [-0.1, -0.05) is 23.7 Å². The van der Waals surface area contributed by atoms with Crippen molar-refractivity contribution in [2.45, 2.75) is 18.3 Å². The van der Waals surface area contributed by atoms with E-state index in [-0.39, 0.29) is 11.3 Å². The first-order valence-electron chi connectivity index (χ1n) is 6.91. The van der Waals surface area contributed by atoms with Crippen LogP contribution in [-0.4, -0.2) is 39.3 Å². The smallest absolute Gasteiger partial charge is 0.233 e. The van der Waals surface area contributed by atoms with Crippen LogP contribution < -0.4 is 10.6 Å². The number of halogens is 1. The number of hydrogen-bond donors (Lipinski definition) is 2. The van der Waals surface area contributed by atoms with Gasteiger partial charge in [0.1, 0.15) is 0 Å². The number of benzene rings is 1. The minimum Gasteiger partial charge on any atom is -0.381 e. The second-order valence-corrected chi connectivity index (χ2v) is 5.64. The van der Waals surface area contributed by atoms with Crippen LogP contribution in [0.1, 0.15) is 18.4 Å². The molecule has 0 unspecified atom stereocenters. The Bertz CT molecular complexity index is 442. The van der Waals surface area contributed by atoms with E-state index >= 15 is 0 Å². The Balaban J connectivity index is 2.12. The topological polar surface area (TPSA) is 50.4 Å². The van der Waals surface area contributed by atoms with E-state index in [0.29, 0.717) is 13.1 Å². The predicted octanol–water partition coefficient (Wildman–Crippen LogP) is 1.72. The van der Waals surface area contributed by atoms with Crippen molar-refractivity contribution in [2.75, 3.05) is 33.4 Å². The third-order valence-electron chi connectivity index (χ3n) is 3.87. The zero-order valence-electron chi connectivity index (χ0n) is 11.7. The fourth-order valence-corrected chi connectivity index (χ4v) is 2.75. The quantitative estimate of drug-likeness (QED) is 0.870. The largest absolute Gasteiger partial charge is 0.381 e. The van der Waals surface area contributed by atoms with Crippen molar-refractivity contribution >= 4 is 17.5 Å². The van der Waals surface area contributed by atoms with Crippen molar-refractivity contribution in [3.05, 3.63) is 34.9 Å². The van der Waals surface area contributed by atoms with E-state index in [1.165, 1.54) is 5.56 Å². The first kappa shape index (κ1) is 15.3. The predicted molar refractivity (Wildman–Crippen MR) is 80.1 cm³/mol. The standard InChI is InChI=1S/C15H21ClN2O2/c1-17-10-14(19)18-11-15(6-8-20-9-7-15)12-2-4-13(16)5-3-12/h2-5,17H,6-11H2,1H3,(H,18,19). The Labute approximate surface area is 124 Å². The molecule has 1 aromatic carbocycles. The highest BCUT2D eigenvalue weighted by atomic mass is 35.5. The number of amides is 1. The molecular weight excluding hydrogens is 276 g/mol. The van der Waals surface area contributed by atoms with Crippen LogP contribution in [0.3, 0.4) is 0 Å². The maximum absolute atomic E-state index is 11.7. The van der Waals surface area contributed by atoms with Crippen LogP contribution in [0, 0.1) is 0 Å². The summed E-state index contributed by atoms with van der Waals surface area (Å²) in [6.45, 7) is 2.43. The molecule has 0 radical (unpaired) electrons. The summed E-state index contributed by atoms with van der Waals surface area (Å²) in [6, 6.07) is 7.92. The summed E-state index contributed by atoms with van der Waals surface area (Å²) in [4.78, 5) is 11.7. The summed E-state index contributed by atoms with van der Waals surface area (Å²) in [6.07, 6.45) is 1.82. The molecule has 0 bridgehead atoms. The average molecular weight is 297 g/mol. The van der Waals surface area contributed by atoms with Gasteiger partial charge in [-0.25, -0.2) is 0 Å². The fraction of sp³-hybridized carbons (Fsp3) is 0.533. The maximum atomic E-state index is 11.7. The Morgan fingerprint density at radius 2 is 1.95 bits per heavy atom. The molecule has 1 heterocycles. The van der Waals surface area contributed by atoms with Crippen LogP contribution in [-0.2, 0) is 14.9 Å². The molecule has 2 N–H and O–H groups in total. The molecule has 110 valence electrons. The van der Waals surface area contributed by atoms with Gasteiger partial charge in [-0.2, -0.15) is 0 Å². The van der Waals surface area contributed by atoms with Gasteiger partial charge < -0.3 is 15.4 Å². The van der Waals surface area contributed by atoms with E-state index in [0.717, 1.165) is 31.1 Å². The summed E-state index contributed by atoms with van der Waals surface area (Å²) in [7, 11) is 1.77. The molecule has 5 heteroatoms. The van der Waals surface area contributed by atoms with Crippen LogP contribution in [0.2, 0.25) is 5.02 Å². The van der Waals surface area contributed by atoms with E-state index in [4.69, 9.17) is 16.3 Å². The van der Waals surface area contributed by atoms with Crippen molar-refractivity contribution in [1.29, 1.82) is 0 Å². The third-order valence-corrected chi connectivity index (χ3v) is 4.12. The van der Waals surface area contributed by atoms with E-state index in [1.807, 2.05) is 12.1 Å². The second-order valence-electron chi connectivity index (χ2n) is 5.21. The van der Waals surface area contributed by atoms with E-state index in [9.17, 15) is 4.79 Å².